The fourth-order valence-corrected chi connectivity index (χ4v) is 5.82. The minimum atomic E-state index is -0.677. The fourth-order valence-electron chi connectivity index (χ4n) is 4.85. The summed E-state index contributed by atoms with van der Waals surface area (Å²) in [5.74, 6) is 0.295. The van der Waals surface area contributed by atoms with Crippen molar-refractivity contribution in [1.82, 2.24) is 19.9 Å². The van der Waals surface area contributed by atoms with E-state index in [-0.39, 0.29) is 36.3 Å². The van der Waals surface area contributed by atoms with Gasteiger partial charge in [0.2, 0.25) is 0 Å². The largest absolute Gasteiger partial charge is 0.392 e. The number of ether oxygens (including phenoxy) is 2. The van der Waals surface area contributed by atoms with Crippen LogP contribution in [0, 0.1) is 5.92 Å². The van der Waals surface area contributed by atoms with Crippen LogP contribution < -0.4 is 5.32 Å². The summed E-state index contributed by atoms with van der Waals surface area (Å²) in [6, 6.07) is 24.4. The molecule has 0 saturated carbocycles. The molecule has 6 rings (SSSR count). The summed E-state index contributed by atoms with van der Waals surface area (Å²) in [6.45, 7) is 2.09. The van der Waals surface area contributed by atoms with Gasteiger partial charge in [0.25, 0.3) is 5.91 Å². The minimum absolute atomic E-state index is 0.0202. The van der Waals surface area contributed by atoms with Crippen molar-refractivity contribution in [3.63, 3.8) is 0 Å². The first-order valence-electron chi connectivity index (χ1n) is 13.6. The van der Waals surface area contributed by atoms with Crippen molar-refractivity contribution in [1.29, 1.82) is 0 Å². The number of carbonyl (C=O) groups excluding carboxylic acids is 1. The molecule has 0 spiro atoms. The van der Waals surface area contributed by atoms with E-state index >= 15 is 0 Å². The molecule has 0 unspecified atom stereocenters. The summed E-state index contributed by atoms with van der Waals surface area (Å²) in [5.41, 5.74) is 4.80. The van der Waals surface area contributed by atoms with E-state index in [9.17, 15) is 9.90 Å². The summed E-state index contributed by atoms with van der Waals surface area (Å²) in [4.78, 5) is 30.5. The predicted octanol–water partition coefficient (Wildman–Crippen LogP) is 5.75. The molecule has 3 heterocycles. The molecule has 212 valence electrons. The molecule has 1 aliphatic heterocycles. The number of carbonyl (C=O) groups is 1. The van der Waals surface area contributed by atoms with E-state index in [1.807, 2.05) is 72.8 Å². The lowest BCUT2D eigenvalue weighted by molar-refractivity contribution is -0.268. The number of benzene rings is 3. The standard InChI is InChI=1S/C32H29N5O4S/c1-20-28(19-42-32-33-14-5-15-34-32)40-31(41-29(20)22-12-10-21(18-38)11-13-22)23-6-4-7-24(16-23)36-30(39)27-17-35-25-8-2-3-9-26(25)37-27/h2-17,20,28-29,31,38H,18-19H2,1H3,(H,36,39)/t20-,28+,29+,31+/m1/s1. The number of anilines is 1. The monoisotopic (exact) mass is 579 g/mol. The first kappa shape index (κ1) is 27.9. The van der Waals surface area contributed by atoms with Crippen LogP contribution in [0.5, 0.6) is 0 Å². The van der Waals surface area contributed by atoms with Gasteiger partial charge in [-0.15, -0.1) is 0 Å². The zero-order chi connectivity index (χ0) is 28.9. The lowest BCUT2D eigenvalue weighted by Gasteiger charge is -2.41. The van der Waals surface area contributed by atoms with E-state index in [1.54, 1.807) is 18.5 Å². The molecule has 3 aromatic carbocycles. The van der Waals surface area contributed by atoms with Gasteiger partial charge in [-0.25, -0.2) is 15.0 Å². The molecule has 9 nitrogen and oxygen atoms in total. The lowest BCUT2D eigenvalue weighted by atomic mass is 9.91. The summed E-state index contributed by atoms with van der Waals surface area (Å²) in [5, 5.41) is 13.1. The van der Waals surface area contributed by atoms with Gasteiger partial charge in [0, 0.05) is 35.3 Å². The molecule has 2 aromatic heterocycles. The number of aliphatic hydroxyl groups is 1. The molecule has 1 aliphatic rings. The first-order valence-corrected chi connectivity index (χ1v) is 14.6. The molecule has 4 atom stereocenters. The number of hydrogen-bond acceptors (Lipinski definition) is 9. The number of aliphatic hydroxyl groups excluding tert-OH is 1. The number of fused-ring (bicyclic) bond motifs is 1. The number of nitrogens with one attached hydrogen (secondary N) is 1. The van der Waals surface area contributed by atoms with E-state index in [4.69, 9.17) is 9.47 Å². The van der Waals surface area contributed by atoms with Crippen LogP contribution in [0.15, 0.2) is 103 Å². The van der Waals surface area contributed by atoms with Gasteiger partial charge in [-0.3, -0.25) is 9.78 Å². The van der Waals surface area contributed by atoms with Crippen molar-refractivity contribution in [3.05, 3.63) is 120 Å². The predicted molar refractivity (Wildman–Crippen MR) is 160 cm³/mol. The first-order chi connectivity index (χ1) is 20.6. The highest BCUT2D eigenvalue weighted by atomic mass is 32.2. The Labute approximate surface area is 247 Å². The van der Waals surface area contributed by atoms with Crippen molar-refractivity contribution in [2.75, 3.05) is 11.1 Å². The molecular formula is C32H29N5O4S. The highest BCUT2D eigenvalue weighted by molar-refractivity contribution is 7.99. The van der Waals surface area contributed by atoms with Crippen molar-refractivity contribution in [3.8, 4) is 0 Å². The van der Waals surface area contributed by atoms with Gasteiger partial charge in [0.15, 0.2) is 11.4 Å². The van der Waals surface area contributed by atoms with Crippen LogP contribution in [0.4, 0.5) is 5.69 Å². The van der Waals surface area contributed by atoms with E-state index in [0.29, 0.717) is 22.1 Å². The van der Waals surface area contributed by atoms with E-state index in [1.165, 1.54) is 18.0 Å². The number of amides is 1. The molecule has 0 aliphatic carbocycles. The highest BCUT2D eigenvalue weighted by Gasteiger charge is 2.38. The molecule has 42 heavy (non-hydrogen) atoms. The van der Waals surface area contributed by atoms with E-state index in [2.05, 4.69) is 32.2 Å². The second kappa shape index (κ2) is 12.7. The maximum absolute atomic E-state index is 13.0. The summed E-state index contributed by atoms with van der Waals surface area (Å²) in [6.07, 6.45) is 3.81. The summed E-state index contributed by atoms with van der Waals surface area (Å²) < 4.78 is 13.1. The number of hydrogen-bond donors (Lipinski definition) is 2. The van der Waals surface area contributed by atoms with E-state index in [0.717, 1.165) is 22.2 Å². The number of thioether (sulfide) groups is 1. The SMILES string of the molecule is C[C@@H]1[C@H](CSc2ncccn2)O[C@H](c2cccc(NC(=O)c3cnc4ccccc4n3)c2)O[C@@H]1c1ccc(CO)cc1. The van der Waals surface area contributed by atoms with Crippen LogP contribution in [-0.4, -0.2) is 42.8 Å². The van der Waals surface area contributed by atoms with Gasteiger partial charge in [0.1, 0.15) is 5.69 Å². The molecule has 0 radical (unpaired) electrons. The molecule has 10 heteroatoms. The van der Waals surface area contributed by atoms with Crippen LogP contribution in [0.3, 0.4) is 0 Å². The third-order valence-corrected chi connectivity index (χ3v) is 8.10. The number of rotatable bonds is 8. The Morgan fingerprint density at radius 1 is 0.905 bits per heavy atom. The van der Waals surface area contributed by atoms with E-state index < -0.39 is 6.29 Å². The smallest absolute Gasteiger partial charge is 0.275 e. The Kier molecular flexibility index (Phi) is 8.47. The summed E-state index contributed by atoms with van der Waals surface area (Å²) in [7, 11) is 0. The second-order valence-electron chi connectivity index (χ2n) is 9.99. The van der Waals surface area contributed by atoms with Gasteiger partial charge in [-0.1, -0.05) is 67.2 Å². The number of para-hydroxylation sites is 2. The third-order valence-electron chi connectivity index (χ3n) is 7.14. The molecule has 2 N–H and O–H groups in total. The van der Waals surface area contributed by atoms with Gasteiger partial charge < -0.3 is 19.9 Å². The molecular weight excluding hydrogens is 550 g/mol. The van der Waals surface area contributed by atoms with Crippen LogP contribution in [0.2, 0.25) is 0 Å². The highest BCUT2D eigenvalue weighted by Crippen LogP contribution is 2.43. The average Bonchev–Trinajstić information content (AvgIpc) is 3.04. The molecule has 1 saturated heterocycles. The van der Waals surface area contributed by atoms with Crippen LogP contribution >= 0.6 is 11.8 Å². The Morgan fingerprint density at radius 2 is 1.69 bits per heavy atom. The van der Waals surface area contributed by atoms with Crippen molar-refractivity contribution in [2.45, 2.75) is 37.2 Å². The lowest BCUT2D eigenvalue weighted by Crippen LogP contribution is -2.38. The van der Waals surface area contributed by atoms with Crippen LogP contribution in [0.25, 0.3) is 11.0 Å². The molecule has 0 bridgehead atoms. The third kappa shape index (κ3) is 6.32. The quantitative estimate of drug-likeness (QED) is 0.175. The summed E-state index contributed by atoms with van der Waals surface area (Å²) >= 11 is 1.54. The Hall–Kier alpha value is -4.22. The van der Waals surface area contributed by atoms with Gasteiger partial charge >= 0.3 is 0 Å². The normalized spacial score (nSPS) is 20.3. The zero-order valence-corrected chi connectivity index (χ0v) is 23.6. The molecule has 1 amide bonds. The molecule has 1 fully saturated rings. The van der Waals surface area contributed by atoms with Crippen molar-refractivity contribution < 1.29 is 19.4 Å². The number of aromatic nitrogens is 4. The van der Waals surface area contributed by atoms with Crippen LogP contribution in [0.1, 0.15) is 46.5 Å². The van der Waals surface area contributed by atoms with Crippen molar-refractivity contribution in [2.24, 2.45) is 5.92 Å². The Morgan fingerprint density at radius 3 is 2.48 bits per heavy atom. The molecule has 5 aromatic rings. The Bertz CT molecular complexity index is 1670. The minimum Gasteiger partial charge on any atom is -0.392 e. The maximum Gasteiger partial charge on any atom is 0.275 e. The van der Waals surface area contributed by atoms with Gasteiger partial charge in [-0.2, -0.15) is 0 Å². The maximum atomic E-state index is 13.0. The van der Waals surface area contributed by atoms with Gasteiger partial charge in [-0.05, 0) is 41.5 Å². The second-order valence-corrected chi connectivity index (χ2v) is 11.0. The topological polar surface area (TPSA) is 119 Å². The Balaban J connectivity index is 1.23. The van der Waals surface area contributed by atoms with Gasteiger partial charge in [0.05, 0.1) is 36.0 Å². The van der Waals surface area contributed by atoms with Crippen molar-refractivity contribution >= 4 is 34.4 Å². The number of nitrogens with zero attached hydrogens (tertiary/aromatic N) is 4. The average molecular weight is 580 g/mol. The zero-order valence-electron chi connectivity index (χ0n) is 22.8. The fraction of sp³-hybridized carbons (Fsp3) is 0.219. The van der Waals surface area contributed by atoms with Crippen LogP contribution in [-0.2, 0) is 16.1 Å².